The van der Waals surface area contributed by atoms with E-state index in [2.05, 4.69) is 52.7 Å². The zero-order chi connectivity index (χ0) is 41.1. The lowest BCUT2D eigenvalue weighted by atomic mass is 9.43. The maximum atomic E-state index is 13.5. The quantitative estimate of drug-likeness (QED) is 0.0297. The first-order valence-corrected chi connectivity index (χ1v) is 21.9. The van der Waals surface area contributed by atoms with Crippen molar-refractivity contribution in [1.29, 1.82) is 0 Å². The van der Waals surface area contributed by atoms with E-state index in [1.807, 2.05) is 0 Å². The number of nitrogens with one attached hydrogen (secondary N) is 3. The number of nitrogens with zero attached hydrogens (tertiary/aromatic N) is 4. The number of hydrogen-bond acceptors (Lipinski definition) is 10. The van der Waals surface area contributed by atoms with Crippen LogP contribution in [0.2, 0.25) is 0 Å². The monoisotopic (exact) mass is 811 g/mol. The first-order chi connectivity index (χ1) is 27.2. The van der Waals surface area contributed by atoms with Crippen LogP contribution in [0.3, 0.4) is 0 Å². The van der Waals surface area contributed by atoms with Crippen LogP contribution < -0.4 is 16.0 Å². The molecule has 16 heteroatoms. The van der Waals surface area contributed by atoms with Crippen LogP contribution in [-0.2, 0) is 23.9 Å². The van der Waals surface area contributed by atoms with Gasteiger partial charge in [-0.25, -0.2) is 4.79 Å². The topological polar surface area (TPSA) is 215 Å². The number of alkyl carbamates (subject to hydrolysis) is 1. The average Bonchev–Trinajstić information content (AvgIpc) is 3.54. The Morgan fingerprint density at radius 2 is 1.89 bits per heavy atom. The van der Waals surface area contributed by atoms with Crippen LogP contribution >= 0.6 is 11.8 Å². The molecule has 1 saturated heterocycles. The molecular weight excluding hydrogens is 751 g/mol. The molecule has 13 atom stereocenters. The van der Waals surface area contributed by atoms with Crippen molar-refractivity contribution in [2.75, 3.05) is 32.1 Å². The Hall–Kier alpha value is -3.48. The van der Waals surface area contributed by atoms with Crippen LogP contribution in [-0.4, -0.2) is 101 Å². The summed E-state index contributed by atoms with van der Waals surface area (Å²) in [6.07, 6.45) is 12.1. The summed E-state index contributed by atoms with van der Waals surface area (Å²) in [5.74, 6) is 4.34. The number of azide groups is 1. The third kappa shape index (κ3) is 8.65. The lowest BCUT2D eigenvalue weighted by Gasteiger charge is -2.62. The Kier molecular flexibility index (Phi) is 13.8. The largest absolute Gasteiger partial charge is 0.447 e. The number of carbonyl (C=O) groups excluding carboxylic acids is 4. The SMILES string of the molecule is C#CCC(NC(=O)OCCOCCN=[N+]=[N-])NC(=O)C1=C(C)CSC2C(NC(=O)CCC(C)C3CCC4C5CCC6CC(O)CCC6(C)C5CC(O)C34C)C(=O)N12. The van der Waals surface area contributed by atoms with E-state index in [9.17, 15) is 29.4 Å². The van der Waals surface area contributed by atoms with Gasteiger partial charge in [0.05, 0.1) is 25.4 Å². The Morgan fingerprint density at radius 3 is 2.65 bits per heavy atom. The number of carbonyl (C=O) groups is 4. The highest BCUT2D eigenvalue weighted by molar-refractivity contribution is 8.00. The van der Waals surface area contributed by atoms with Crippen LogP contribution in [0.4, 0.5) is 4.79 Å². The molecule has 0 aromatic heterocycles. The molecule has 0 aromatic carbocycles. The van der Waals surface area contributed by atoms with Crippen molar-refractivity contribution in [2.24, 2.45) is 51.5 Å². The summed E-state index contributed by atoms with van der Waals surface area (Å²) in [5.41, 5.74) is 9.14. The summed E-state index contributed by atoms with van der Waals surface area (Å²) in [7, 11) is 0. The molecule has 15 nitrogen and oxygen atoms in total. The summed E-state index contributed by atoms with van der Waals surface area (Å²) in [6, 6.07) is -0.764. The van der Waals surface area contributed by atoms with Crippen LogP contribution in [0, 0.1) is 58.7 Å². The smallest absolute Gasteiger partial charge is 0.408 e. The van der Waals surface area contributed by atoms with Crippen molar-refractivity contribution < 1.29 is 38.9 Å². The summed E-state index contributed by atoms with van der Waals surface area (Å²) in [4.78, 5) is 56.9. The van der Waals surface area contributed by atoms with Crippen molar-refractivity contribution in [3.8, 4) is 12.3 Å². The Balaban J connectivity index is 0.984. The first-order valence-electron chi connectivity index (χ1n) is 20.8. The summed E-state index contributed by atoms with van der Waals surface area (Å²) in [6.45, 7) is 9.06. The number of fused-ring (bicyclic) bond motifs is 6. The summed E-state index contributed by atoms with van der Waals surface area (Å²) in [5, 5.41) is 33.4. The number of terminal acetylenes is 1. The van der Waals surface area contributed by atoms with Gasteiger partial charge in [0.25, 0.3) is 11.8 Å². The van der Waals surface area contributed by atoms with E-state index in [0.717, 1.165) is 44.9 Å². The second kappa shape index (κ2) is 18.2. The maximum absolute atomic E-state index is 13.5. The van der Waals surface area contributed by atoms with Crippen molar-refractivity contribution >= 4 is 35.6 Å². The lowest BCUT2D eigenvalue weighted by Crippen LogP contribution is -2.71. The lowest BCUT2D eigenvalue weighted by molar-refractivity contribution is -0.175. The van der Waals surface area contributed by atoms with E-state index in [1.54, 1.807) is 6.92 Å². The summed E-state index contributed by atoms with van der Waals surface area (Å²) < 4.78 is 10.3. The molecule has 0 radical (unpaired) electrons. The van der Waals surface area contributed by atoms with Gasteiger partial charge in [0.1, 0.15) is 29.9 Å². The van der Waals surface area contributed by atoms with Crippen LogP contribution in [0.5, 0.6) is 0 Å². The van der Waals surface area contributed by atoms with Gasteiger partial charge in [-0.15, -0.1) is 24.1 Å². The van der Waals surface area contributed by atoms with Crippen molar-refractivity contribution in [3.63, 3.8) is 0 Å². The third-order valence-electron chi connectivity index (χ3n) is 14.8. The van der Waals surface area contributed by atoms with E-state index < -0.39 is 29.6 Å². The molecule has 4 aliphatic carbocycles. The van der Waals surface area contributed by atoms with Gasteiger partial charge in [-0.1, -0.05) is 25.9 Å². The van der Waals surface area contributed by atoms with Gasteiger partial charge in [-0.2, -0.15) is 0 Å². The van der Waals surface area contributed by atoms with Crippen LogP contribution in [0.25, 0.3) is 10.4 Å². The molecule has 5 fully saturated rings. The van der Waals surface area contributed by atoms with Crippen molar-refractivity contribution in [1.82, 2.24) is 20.9 Å². The number of thioether (sulfide) groups is 1. The standard InChI is InChI=1S/C41H61N7O8S/c1-6-7-32(45-39(54)56-19-18-55-17-16-43-47-42)44-36(52)35-24(3)22-57-38-34(37(53)48(35)38)46-33(51)13-8-23(2)28-11-12-29-27-10-9-25-20-26(49)14-15-40(25,4)30(27)21-31(50)41(28,29)5/h1,23,25-32,34,38,49-50H,7-22H2,2-5H3,(H,44,52)(H,45,54)(H,46,51). The molecule has 4 saturated carbocycles. The minimum atomic E-state index is -0.971. The molecule has 0 aromatic rings. The number of aliphatic hydroxyl groups excluding tert-OH is 2. The zero-order valence-electron chi connectivity index (χ0n) is 33.8. The molecule has 0 bridgehead atoms. The van der Waals surface area contributed by atoms with Gasteiger partial charge in [0, 0.05) is 30.1 Å². The minimum absolute atomic E-state index is 0.0363. The number of ether oxygens (including phenoxy) is 2. The normalized spacial score (nSPS) is 36.4. The first kappa shape index (κ1) is 43.1. The molecule has 6 aliphatic rings. The molecule has 2 aliphatic heterocycles. The molecule has 57 heavy (non-hydrogen) atoms. The number of hydrogen-bond donors (Lipinski definition) is 5. The fourth-order valence-electron chi connectivity index (χ4n) is 11.9. The summed E-state index contributed by atoms with van der Waals surface area (Å²) >= 11 is 1.48. The fourth-order valence-corrected chi connectivity index (χ4v) is 13.2. The minimum Gasteiger partial charge on any atom is -0.447 e. The van der Waals surface area contributed by atoms with Crippen LogP contribution in [0.15, 0.2) is 16.4 Å². The van der Waals surface area contributed by atoms with Gasteiger partial charge in [-0.05, 0) is 122 Å². The van der Waals surface area contributed by atoms with Gasteiger partial charge in [-0.3, -0.25) is 19.3 Å². The molecule has 5 N–H and O–H groups in total. The Bertz CT molecular complexity index is 1670. The molecule has 0 spiro atoms. The van der Waals surface area contributed by atoms with E-state index in [-0.39, 0.29) is 85.7 Å². The highest BCUT2D eigenvalue weighted by atomic mass is 32.2. The van der Waals surface area contributed by atoms with Gasteiger partial charge in [0.15, 0.2) is 0 Å². The maximum Gasteiger partial charge on any atom is 0.408 e. The number of amides is 4. The van der Waals surface area contributed by atoms with E-state index in [4.69, 9.17) is 21.4 Å². The second-order valence-corrected chi connectivity index (χ2v) is 18.9. The molecule has 314 valence electrons. The van der Waals surface area contributed by atoms with Gasteiger partial charge < -0.3 is 35.6 Å². The van der Waals surface area contributed by atoms with Crippen molar-refractivity contribution in [2.45, 2.75) is 128 Å². The molecular formula is C41H61N7O8S. The highest BCUT2D eigenvalue weighted by Gasteiger charge is 2.64. The number of rotatable bonds is 15. The van der Waals surface area contributed by atoms with E-state index >= 15 is 0 Å². The predicted octanol–water partition coefficient (Wildman–Crippen LogP) is 4.59. The van der Waals surface area contributed by atoms with Crippen molar-refractivity contribution in [3.05, 3.63) is 21.7 Å². The molecule has 2 heterocycles. The average molecular weight is 812 g/mol. The van der Waals surface area contributed by atoms with E-state index in [0.29, 0.717) is 47.3 Å². The molecule has 4 amide bonds. The number of β-lactam (4-membered cyclic amide) rings is 1. The molecule has 6 rings (SSSR count). The van der Waals surface area contributed by atoms with Gasteiger partial charge in [0.2, 0.25) is 5.91 Å². The Labute approximate surface area is 340 Å². The zero-order valence-corrected chi connectivity index (χ0v) is 34.6. The second-order valence-electron chi connectivity index (χ2n) is 17.8. The third-order valence-corrected chi connectivity index (χ3v) is 16.2. The number of aliphatic hydroxyl groups is 2. The molecule has 13 unspecified atom stereocenters. The van der Waals surface area contributed by atoms with E-state index in [1.165, 1.54) is 23.1 Å². The van der Waals surface area contributed by atoms with Gasteiger partial charge >= 0.3 is 6.09 Å². The Morgan fingerprint density at radius 1 is 1.11 bits per heavy atom. The predicted molar refractivity (Wildman–Crippen MR) is 213 cm³/mol. The van der Waals surface area contributed by atoms with Crippen LogP contribution in [0.1, 0.15) is 98.3 Å². The highest BCUT2D eigenvalue weighted by Crippen LogP contribution is 2.68. The fraction of sp³-hybridized carbons (Fsp3) is 0.805.